The summed E-state index contributed by atoms with van der Waals surface area (Å²) in [7, 11) is 0. The normalized spacial score (nSPS) is 17.4. The number of rotatable bonds is 4. The van der Waals surface area contributed by atoms with Crippen molar-refractivity contribution in [2.45, 2.75) is 32.1 Å². The van der Waals surface area contributed by atoms with E-state index in [0.717, 1.165) is 19.6 Å². The molecule has 1 rings (SSSR count). The number of hydrogen-bond acceptors (Lipinski definition) is 2. The van der Waals surface area contributed by atoms with Gasteiger partial charge < -0.3 is 10.5 Å². The van der Waals surface area contributed by atoms with Gasteiger partial charge in [0.15, 0.2) is 0 Å². The first-order chi connectivity index (χ1) is 5.43. The smallest absolute Gasteiger partial charge is 0.0876 e. The molecule has 0 atom stereocenters. The van der Waals surface area contributed by atoms with Crippen molar-refractivity contribution < 1.29 is 4.74 Å². The molecular formula is C9H17NO. The topological polar surface area (TPSA) is 35.2 Å². The second-order valence-corrected chi connectivity index (χ2v) is 3.00. The molecule has 0 radical (unpaired) electrons. The summed E-state index contributed by atoms with van der Waals surface area (Å²) in [5.41, 5.74) is 6.86. The first-order valence-electron chi connectivity index (χ1n) is 4.43. The highest BCUT2D eigenvalue weighted by Gasteiger charge is 2.02. The number of unbranched alkanes of at least 4 members (excludes halogenated alkanes) is 1. The Labute approximate surface area is 68.4 Å². The third kappa shape index (κ3) is 3.42. The van der Waals surface area contributed by atoms with Crippen LogP contribution in [-0.4, -0.2) is 13.2 Å². The van der Waals surface area contributed by atoms with E-state index in [4.69, 9.17) is 10.5 Å². The van der Waals surface area contributed by atoms with Crippen molar-refractivity contribution in [1.82, 2.24) is 0 Å². The lowest BCUT2D eigenvalue weighted by atomic mass is 10.0. The van der Waals surface area contributed by atoms with E-state index in [0.29, 0.717) is 0 Å². The Balaban J connectivity index is 2.09. The fourth-order valence-corrected chi connectivity index (χ4v) is 1.30. The summed E-state index contributed by atoms with van der Waals surface area (Å²) in [5, 5.41) is 0. The lowest BCUT2D eigenvalue weighted by Gasteiger charge is -2.12. The molecule has 0 aliphatic carbocycles. The monoisotopic (exact) mass is 155 g/mol. The van der Waals surface area contributed by atoms with Crippen LogP contribution in [0.4, 0.5) is 0 Å². The van der Waals surface area contributed by atoms with Gasteiger partial charge >= 0.3 is 0 Å². The molecule has 2 nitrogen and oxygen atoms in total. The molecule has 1 aliphatic rings. The van der Waals surface area contributed by atoms with E-state index in [9.17, 15) is 0 Å². The van der Waals surface area contributed by atoms with Crippen molar-refractivity contribution in [2.24, 2.45) is 5.73 Å². The van der Waals surface area contributed by atoms with Crippen LogP contribution < -0.4 is 5.73 Å². The molecule has 0 fully saturated rings. The summed E-state index contributed by atoms with van der Waals surface area (Å²) in [4.78, 5) is 0. The van der Waals surface area contributed by atoms with Gasteiger partial charge in [0.2, 0.25) is 0 Å². The first kappa shape index (κ1) is 8.60. The zero-order chi connectivity index (χ0) is 7.94. The first-order valence-corrected chi connectivity index (χ1v) is 4.43. The second kappa shape index (κ2) is 5.19. The van der Waals surface area contributed by atoms with Crippen LogP contribution in [-0.2, 0) is 4.74 Å². The molecule has 2 N–H and O–H groups in total. The predicted octanol–water partition coefficient (Wildman–Crippen LogP) is 1.81. The summed E-state index contributed by atoms with van der Waals surface area (Å²) in [6.07, 6.45) is 7.87. The Morgan fingerprint density at radius 2 is 2.36 bits per heavy atom. The maximum absolute atomic E-state index is 5.39. The molecule has 0 aromatic carbocycles. The molecule has 0 spiro atoms. The van der Waals surface area contributed by atoms with Crippen LogP contribution in [0.2, 0.25) is 0 Å². The van der Waals surface area contributed by atoms with Gasteiger partial charge in [0.05, 0.1) is 12.9 Å². The summed E-state index contributed by atoms with van der Waals surface area (Å²) in [6.45, 7) is 1.72. The number of ether oxygens (including phenoxy) is 1. The van der Waals surface area contributed by atoms with E-state index >= 15 is 0 Å². The molecule has 0 saturated heterocycles. The standard InChI is InChI=1S/C9H17NO/c10-6-2-1-4-9-5-3-7-11-8-9/h8H,1-7,10H2. The van der Waals surface area contributed by atoms with Gasteiger partial charge in [0.1, 0.15) is 0 Å². The number of hydrogen-bond donors (Lipinski definition) is 1. The average molecular weight is 155 g/mol. The molecule has 0 saturated carbocycles. The highest BCUT2D eigenvalue weighted by molar-refractivity contribution is 4.99. The third-order valence-corrected chi connectivity index (χ3v) is 1.96. The second-order valence-electron chi connectivity index (χ2n) is 3.00. The molecule has 2 heteroatoms. The quantitative estimate of drug-likeness (QED) is 0.628. The lowest BCUT2D eigenvalue weighted by molar-refractivity contribution is 0.222. The van der Waals surface area contributed by atoms with Gasteiger partial charge in [-0.2, -0.15) is 0 Å². The van der Waals surface area contributed by atoms with Crippen LogP contribution >= 0.6 is 0 Å². The minimum atomic E-state index is 0.814. The summed E-state index contributed by atoms with van der Waals surface area (Å²) < 4.78 is 5.22. The Bertz CT molecular complexity index is 132. The van der Waals surface area contributed by atoms with Gasteiger partial charge in [0.25, 0.3) is 0 Å². The van der Waals surface area contributed by atoms with Gasteiger partial charge in [-0.1, -0.05) is 0 Å². The summed E-state index contributed by atoms with van der Waals surface area (Å²) in [6, 6.07) is 0. The van der Waals surface area contributed by atoms with Crippen molar-refractivity contribution in [3.05, 3.63) is 11.8 Å². The van der Waals surface area contributed by atoms with E-state index in [2.05, 4.69) is 0 Å². The van der Waals surface area contributed by atoms with Gasteiger partial charge in [-0.05, 0) is 44.2 Å². The maximum atomic E-state index is 5.39. The fraction of sp³-hybridized carbons (Fsp3) is 0.778. The number of nitrogens with two attached hydrogens (primary N) is 1. The predicted molar refractivity (Wildman–Crippen MR) is 46.2 cm³/mol. The van der Waals surface area contributed by atoms with E-state index in [1.165, 1.54) is 31.3 Å². The highest BCUT2D eigenvalue weighted by Crippen LogP contribution is 2.17. The van der Waals surface area contributed by atoms with E-state index in [1.54, 1.807) is 0 Å². The molecule has 0 unspecified atom stereocenters. The number of allylic oxidation sites excluding steroid dienone is 1. The SMILES string of the molecule is NCCCCC1=COCCC1. The maximum Gasteiger partial charge on any atom is 0.0876 e. The Morgan fingerprint density at radius 1 is 1.45 bits per heavy atom. The van der Waals surface area contributed by atoms with E-state index in [1.807, 2.05) is 6.26 Å². The highest BCUT2D eigenvalue weighted by atomic mass is 16.5. The van der Waals surface area contributed by atoms with E-state index < -0.39 is 0 Å². The van der Waals surface area contributed by atoms with Crippen LogP contribution in [0.5, 0.6) is 0 Å². The minimum absolute atomic E-state index is 0.814. The Morgan fingerprint density at radius 3 is 3.00 bits per heavy atom. The summed E-state index contributed by atoms with van der Waals surface area (Å²) in [5.74, 6) is 0. The van der Waals surface area contributed by atoms with Crippen molar-refractivity contribution in [1.29, 1.82) is 0 Å². The van der Waals surface area contributed by atoms with Crippen LogP contribution in [0.3, 0.4) is 0 Å². The molecule has 0 amide bonds. The van der Waals surface area contributed by atoms with Crippen LogP contribution in [0.15, 0.2) is 11.8 Å². The fourth-order valence-electron chi connectivity index (χ4n) is 1.30. The van der Waals surface area contributed by atoms with Gasteiger partial charge in [-0.15, -0.1) is 0 Å². The zero-order valence-corrected chi connectivity index (χ0v) is 7.01. The summed E-state index contributed by atoms with van der Waals surface area (Å²) >= 11 is 0. The van der Waals surface area contributed by atoms with E-state index in [-0.39, 0.29) is 0 Å². The molecule has 64 valence electrons. The van der Waals surface area contributed by atoms with Crippen LogP contribution in [0, 0.1) is 0 Å². The van der Waals surface area contributed by atoms with Crippen molar-refractivity contribution >= 4 is 0 Å². The van der Waals surface area contributed by atoms with Gasteiger partial charge in [0, 0.05) is 0 Å². The van der Waals surface area contributed by atoms with Gasteiger partial charge in [-0.3, -0.25) is 0 Å². The zero-order valence-electron chi connectivity index (χ0n) is 7.01. The average Bonchev–Trinajstić information content (AvgIpc) is 2.07. The van der Waals surface area contributed by atoms with Crippen molar-refractivity contribution in [3.8, 4) is 0 Å². The molecule has 0 bridgehead atoms. The van der Waals surface area contributed by atoms with Crippen LogP contribution in [0.1, 0.15) is 32.1 Å². The van der Waals surface area contributed by atoms with Crippen molar-refractivity contribution in [3.63, 3.8) is 0 Å². The minimum Gasteiger partial charge on any atom is -0.501 e. The Hall–Kier alpha value is -0.500. The third-order valence-electron chi connectivity index (χ3n) is 1.96. The van der Waals surface area contributed by atoms with Gasteiger partial charge in [-0.25, -0.2) is 0 Å². The largest absolute Gasteiger partial charge is 0.501 e. The Kier molecular flexibility index (Phi) is 4.06. The lowest BCUT2D eigenvalue weighted by Crippen LogP contribution is -2.01. The molecule has 1 aliphatic heterocycles. The molecule has 11 heavy (non-hydrogen) atoms. The molecule has 0 aromatic heterocycles. The molecule has 1 heterocycles. The molecular weight excluding hydrogens is 138 g/mol. The molecule has 0 aromatic rings. The van der Waals surface area contributed by atoms with Crippen molar-refractivity contribution in [2.75, 3.05) is 13.2 Å². The van der Waals surface area contributed by atoms with Crippen LogP contribution in [0.25, 0.3) is 0 Å².